The van der Waals surface area contributed by atoms with Crippen molar-refractivity contribution in [2.45, 2.75) is 38.7 Å². The normalized spacial score (nSPS) is 11.6. The van der Waals surface area contributed by atoms with Crippen LogP contribution in [0.2, 0.25) is 0 Å². The number of fused-ring (bicyclic) bond motifs is 1. The second-order valence-corrected chi connectivity index (χ2v) is 9.11. The van der Waals surface area contributed by atoms with Crippen LogP contribution in [0, 0.1) is 11.6 Å². The number of amides is 1. The molecule has 1 amide bonds. The van der Waals surface area contributed by atoms with Gasteiger partial charge in [-0.2, -0.15) is 5.10 Å². The number of hydrogen-bond donors (Lipinski definition) is 2. The zero-order valence-electron chi connectivity index (χ0n) is 21.3. The summed E-state index contributed by atoms with van der Waals surface area (Å²) in [5.74, 6) is -2.39. The first-order valence-corrected chi connectivity index (χ1v) is 12.5. The van der Waals surface area contributed by atoms with Crippen molar-refractivity contribution in [3.05, 3.63) is 89.4 Å². The quantitative estimate of drug-likeness (QED) is 0.173. The van der Waals surface area contributed by atoms with Crippen LogP contribution < -0.4 is 10.1 Å². The number of aryl methyl sites for hydroxylation is 2. The molecule has 2 aromatic carbocycles. The van der Waals surface area contributed by atoms with Crippen LogP contribution in [0.1, 0.15) is 34.6 Å². The SMILES string of the molecule is O=C(NCc1cc(OC(F)(F)F)ccc1F)c1cn(CCCCc2cc3cc(-c4ccccc4F)[nH]c3nn2)nn1. The Hall–Kier alpha value is -4.88. The molecule has 5 rings (SSSR count). The van der Waals surface area contributed by atoms with Crippen molar-refractivity contribution in [1.82, 2.24) is 35.5 Å². The highest BCUT2D eigenvalue weighted by Gasteiger charge is 2.31. The van der Waals surface area contributed by atoms with Gasteiger partial charge in [-0.15, -0.1) is 23.4 Å². The minimum atomic E-state index is -4.92. The molecule has 5 aromatic rings. The predicted molar refractivity (Wildman–Crippen MR) is 136 cm³/mol. The van der Waals surface area contributed by atoms with Gasteiger partial charge in [-0.25, -0.2) is 8.78 Å². The molecule has 0 radical (unpaired) electrons. The number of nitrogens with one attached hydrogen (secondary N) is 2. The Morgan fingerprint density at radius 1 is 0.976 bits per heavy atom. The number of aromatic amines is 1. The Balaban J connectivity index is 1.10. The zero-order chi connectivity index (χ0) is 29.0. The number of nitrogens with zero attached hydrogens (tertiary/aromatic N) is 5. The second kappa shape index (κ2) is 11.7. The molecule has 14 heteroatoms. The Labute approximate surface area is 229 Å². The third-order valence-corrected chi connectivity index (χ3v) is 6.12. The molecule has 3 aromatic heterocycles. The van der Waals surface area contributed by atoms with Crippen molar-refractivity contribution in [2.24, 2.45) is 0 Å². The van der Waals surface area contributed by atoms with Gasteiger partial charge < -0.3 is 15.0 Å². The Morgan fingerprint density at radius 3 is 2.61 bits per heavy atom. The largest absolute Gasteiger partial charge is 0.573 e. The number of benzene rings is 2. The summed E-state index contributed by atoms with van der Waals surface area (Å²) in [5, 5.41) is 19.4. The van der Waals surface area contributed by atoms with E-state index in [2.05, 4.69) is 35.5 Å². The second-order valence-electron chi connectivity index (χ2n) is 9.11. The van der Waals surface area contributed by atoms with E-state index in [1.54, 1.807) is 18.2 Å². The summed E-state index contributed by atoms with van der Waals surface area (Å²) in [4.78, 5) is 15.5. The van der Waals surface area contributed by atoms with Crippen molar-refractivity contribution in [3.63, 3.8) is 0 Å². The van der Waals surface area contributed by atoms with Gasteiger partial charge in [0.1, 0.15) is 17.4 Å². The molecule has 212 valence electrons. The summed E-state index contributed by atoms with van der Waals surface area (Å²) in [6.45, 7) is 0.0872. The molecule has 2 N–H and O–H groups in total. The number of ether oxygens (including phenoxy) is 1. The third-order valence-electron chi connectivity index (χ3n) is 6.12. The zero-order valence-corrected chi connectivity index (χ0v) is 21.3. The van der Waals surface area contributed by atoms with Gasteiger partial charge in [0.25, 0.3) is 5.91 Å². The minimum Gasteiger partial charge on any atom is -0.406 e. The van der Waals surface area contributed by atoms with E-state index < -0.39 is 23.8 Å². The number of alkyl halides is 3. The number of aromatic nitrogens is 6. The first kappa shape index (κ1) is 27.7. The van der Waals surface area contributed by atoms with E-state index in [1.807, 2.05) is 12.1 Å². The van der Waals surface area contributed by atoms with Crippen molar-refractivity contribution in [2.75, 3.05) is 0 Å². The van der Waals surface area contributed by atoms with Crippen molar-refractivity contribution in [3.8, 4) is 17.0 Å². The number of halogens is 5. The van der Waals surface area contributed by atoms with Crippen LogP contribution in [-0.4, -0.2) is 42.4 Å². The predicted octanol–water partition coefficient (Wildman–Crippen LogP) is 5.35. The number of carbonyl (C=O) groups excluding carboxylic acids is 1. The van der Waals surface area contributed by atoms with E-state index in [0.717, 1.165) is 35.7 Å². The topological polar surface area (TPSA) is 111 Å². The fourth-order valence-corrected chi connectivity index (χ4v) is 4.16. The molecule has 0 fully saturated rings. The lowest BCUT2D eigenvalue weighted by atomic mass is 10.1. The van der Waals surface area contributed by atoms with Gasteiger partial charge in [0.05, 0.1) is 17.6 Å². The summed E-state index contributed by atoms with van der Waals surface area (Å²) < 4.78 is 70.6. The van der Waals surface area contributed by atoms with Gasteiger partial charge in [0, 0.05) is 29.6 Å². The fraction of sp³-hybridized carbons (Fsp3) is 0.222. The molecule has 0 aliphatic heterocycles. The molecule has 0 bridgehead atoms. The molecular formula is C27H22F5N7O2. The van der Waals surface area contributed by atoms with Gasteiger partial charge in [-0.3, -0.25) is 9.48 Å². The van der Waals surface area contributed by atoms with E-state index in [-0.39, 0.29) is 23.6 Å². The fourth-order valence-electron chi connectivity index (χ4n) is 4.16. The first-order chi connectivity index (χ1) is 19.6. The van der Waals surface area contributed by atoms with Crippen LogP contribution in [0.5, 0.6) is 5.75 Å². The van der Waals surface area contributed by atoms with E-state index in [1.165, 1.54) is 16.9 Å². The highest BCUT2D eigenvalue weighted by molar-refractivity contribution is 5.91. The molecule has 9 nitrogen and oxygen atoms in total. The average Bonchev–Trinajstić information content (AvgIpc) is 3.58. The molecule has 0 aliphatic rings. The lowest BCUT2D eigenvalue weighted by Crippen LogP contribution is -2.24. The number of unbranched alkanes of at least 4 members (excludes halogenated alkanes) is 1. The number of rotatable bonds is 10. The monoisotopic (exact) mass is 571 g/mol. The van der Waals surface area contributed by atoms with Gasteiger partial charge >= 0.3 is 6.36 Å². The van der Waals surface area contributed by atoms with Crippen molar-refractivity contribution >= 4 is 16.9 Å². The van der Waals surface area contributed by atoms with Crippen LogP contribution in [0.3, 0.4) is 0 Å². The van der Waals surface area contributed by atoms with E-state index >= 15 is 0 Å². The van der Waals surface area contributed by atoms with Crippen molar-refractivity contribution < 1.29 is 31.5 Å². The lowest BCUT2D eigenvalue weighted by Gasteiger charge is -2.11. The average molecular weight is 572 g/mol. The maximum Gasteiger partial charge on any atom is 0.573 e. The maximum atomic E-state index is 14.1. The molecule has 3 heterocycles. The molecule has 0 spiro atoms. The first-order valence-electron chi connectivity index (χ1n) is 12.5. The van der Waals surface area contributed by atoms with Gasteiger partial charge in [0.2, 0.25) is 0 Å². The molecule has 0 unspecified atom stereocenters. The Kier molecular flexibility index (Phi) is 7.90. The molecular weight excluding hydrogens is 549 g/mol. The van der Waals surface area contributed by atoms with Crippen LogP contribution in [0.4, 0.5) is 22.0 Å². The smallest absolute Gasteiger partial charge is 0.406 e. The summed E-state index contributed by atoms with van der Waals surface area (Å²) >= 11 is 0. The number of H-pyrrole nitrogens is 1. The highest BCUT2D eigenvalue weighted by Crippen LogP contribution is 2.26. The molecule has 0 atom stereocenters. The number of hydrogen-bond acceptors (Lipinski definition) is 6. The van der Waals surface area contributed by atoms with E-state index in [0.29, 0.717) is 36.3 Å². The summed E-state index contributed by atoms with van der Waals surface area (Å²) in [6.07, 6.45) is -1.44. The van der Waals surface area contributed by atoms with Crippen LogP contribution in [-0.2, 0) is 19.5 Å². The Bertz CT molecular complexity index is 1680. The molecule has 0 saturated heterocycles. The van der Waals surface area contributed by atoms with Gasteiger partial charge in [-0.1, -0.05) is 17.3 Å². The highest BCUT2D eigenvalue weighted by atomic mass is 19.4. The van der Waals surface area contributed by atoms with Crippen molar-refractivity contribution in [1.29, 1.82) is 0 Å². The summed E-state index contributed by atoms with van der Waals surface area (Å²) in [7, 11) is 0. The van der Waals surface area contributed by atoms with Gasteiger partial charge in [-0.05, 0) is 61.7 Å². The summed E-state index contributed by atoms with van der Waals surface area (Å²) in [5.41, 5.74) is 2.19. The number of carbonyl (C=O) groups is 1. The van der Waals surface area contributed by atoms with Crippen LogP contribution in [0.25, 0.3) is 22.3 Å². The van der Waals surface area contributed by atoms with Crippen LogP contribution in [0.15, 0.2) is 60.8 Å². The Morgan fingerprint density at radius 2 is 1.80 bits per heavy atom. The molecule has 41 heavy (non-hydrogen) atoms. The lowest BCUT2D eigenvalue weighted by molar-refractivity contribution is -0.274. The van der Waals surface area contributed by atoms with E-state index in [4.69, 9.17) is 0 Å². The van der Waals surface area contributed by atoms with Crippen LogP contribution >= 0.6 is 0 Å². The van der Waals surface area contributed by atoms with Gasteiger partial charge in [0.15, 0.2) is 11.3 Å². The maximum absolute atomic E-state index is 14.1. The molecule has 0 saturated carbocycles. The minimum absolute atomic E-state index is 0.0254. The summed E-state index contributed by atoms with van der Waals surface area (Å²) in [6, 6.07) is 12.7. The third kappa shape index (κ3) is 7.01. The molecule has 0 aliphatic carbocycles. The standard InChI is InChI=1S/C27H22F5N7O2/c28-21-9-8-19(41-27(30,31)32)12-17(21)14-33-26(40)24-15-39(38-36-24)10-4-3-5-18-11-16-13-23(34-25(16)37-35-18)20-6-1-2-7-22(20)29/h1-2,6-9,11-13,15H,3-5,10,14H2,(H,33,40)(H,34,37). The van der Waals surface area contributed by atoms with E-state index in [9.17, 15) is 26.7 Å².